The second kappa shape index (κ2) is 8.55. The maximum Gasteiger partial charge on any atom is 0.223 e. The summed E-state index contributed by atoms with van der Waals surface area (Å²) in [5, 5.41) is 14.3. The Hall–Kier alpha value is -2.13. The normalized spacial score (nSPS) is 24.6. The number of nitriles is 1. The second-order valence-electron chi connectivity index (χ2n) is 8.94. The molecule has 1 aliphatic heterocycles. The van der Waals surface area contributed by atoms with Gasteiger partial charge in [-0.05, 0) is 43.7 Å². The summed E-state index contributed by atoms with van der Waals surface area (Å²) in [7, 11) is 1.80. The molecule has 2 bridgehead atoms. The number of rotatable bonds is 5. The predicted molar refractivity (Wildman–Crippen MR) is 115 cm³/mol. The Balaban J connectivity index is 1.59. The van der Waals surface area contributed by atoms with Crippen LogP contribution in [0.4, 0.5) is 4.39 Å². The van der Waals surface area contributed by atoms with Gasteiger partial charge in [0.2, 0.25) is 5.91 Å². The fourth-order valence-corrected chi connectivity index (χ4v) is 5.81. The number of fused-ring (bicyclic) bond motifs is 3. The highest BCUT2D eigenvalue weighted by molar-refractivity contribution is 6.35. The molecular formula is C23H28ClFN4O. The van der Waals surface area contributed by atoms with Crippen LogP contribution in [0.15, 0.2) is 12.1 Å². The molecule has 7 heteroatoms. The number of carbonyl (C=O) groups is 1. The number of halogens is 2. The summed E-state index contributed by atoms with van der Waals surface area (Å²) in [5.74, 6) is 0.133. The molecule has 2 fully saturated rings. The number of hydrogen-bond acceptors (Lipinski definition) is 3. The van der Waals surface area contributed by atoms with E-state index < -0.39 is 5.82 Å². The first kappa shape index (κ1) is 21.1. The van der Waals surface area contributed by atoms with Crippen molar-refractivity contribution in [3.8, 4) is 6.07 Å². The quantitative estimate of drug-likeness (QED) is 0.644. The van der Waals surface area contributed by atoms with Gasteiger partial charge in [-0.15, -0.1) is 0 Å². The lowest BCUT2D eigenvalue weighted by Crippen LogP contribution is -2.53. The van der Waals surface area contributed by atoms with Gasteiger partial charge in [0.05, 0.1) is 22.3 Å². The fourth-order valence-electron chi connectivity index (χ4n) is 5.55. The van der Waals surface area contributed by atoms with Crippen LogP contribution in [0.5, 0.6) is 0 Å². The minimum Gasteiger partial charge on any atom is -0.337 e. The Kier molecular flexibility index (Phi) is 6.02. The fraction of sp³-hybridized carbons (Fsp3) is 0.609. The van der Waals surface area contributed by atoms with Gasteiger partial charge in [0, 0.05) is 43.3 Å². The molecule has 0 radical (unpaired) electrons. The second-order valence-corrected chi connectivity index (χ2v) is 9.32. The zero-order valence-corrected chi connectivity index (χ0v) is 18.3. The third-order valence-electron chi connectivity index (χ3n) is 6.91. The van der Waals surface area contributed by atoms with Crippen molar-refractivity contribution >= 4 is 28.4 Å². The summed E-state index contributed by atoms with van der Waals surface area (Å²) >= 11 is 6.27. The number of aromatic nitrogens is 2. The first-order valence-electron chi connectivity index (χ1n) is 10.9. The third-order valence-corrected chi connectivity index (χ3v) is 7.28. The van der Waals surface area contributed by atoms with E-state index in [1.165, 1.54) is 18.9 Å². The molecule has 1 amide bonds. The molecule has 0 spiro atoms. The Morgan fingerprint density at radius 2 is 2.20 bits per heavy atom. The molecule has 1 saturated carbocycles. The highest BCUT2D eigenvalue weighted by Crippen LogP contribution is 2.40. The zero-order chi connectivity index (χ0) is 21.4. The first-order chi connectivity index (χ1) is 14.4. The highest BCUT2D eigenvalue weighted by Gasteiger charge is 2.40. The summed E-state index contributed by atoms with van der Waals surface area (Å²) < 4.78 is 15.8. The first-order valence-corrected chi connectivity index (χ1v) is 11.3. The SMILES string of the molecule is CC(CC(=O)N1C(CCC#N)CC2CCCC1C2)c1nn(C)c2ccc(F)c(Cl)c12. The van der Waals surface area contributed by atoms with Crippen LogP contribution >= 0.6 is 11.6 Å². The van der Waals surface area contributed by atoms with Gasteiger partial charge in [0.1, 0.15) is 5.82 Å². The van der Waals surface area contributed by atoms with Crippen molar-refractivity contribution in [2.24, 2.45) is 13.0 Å². The number of likely N-dealkylation sites (tertiary alicyclic amines) is 1. The van der Waals surface area contributed by atoms with Crippen LogP contribution < -0.4 is 0 Å². The van der Waals surface area contributed by atoms with Crippen molar-refractivity contribution < 1.29 is 9.18 Å². The lowest BCUT2D eigenvalue weighted by Gasteiger charge is -2.48. The molecule has 2 aliphatic rings. The van der Waals surface area contributed by atoms with Crippen LogP contribution in [0.1, 0.15) is 69.9 Å². The Bertz CT molecular complexity index is 997. The van der Waals surface area contributed by atoms with E-state index in [-0.39, 0.29) is 28.9 Å². The molecule has 4 atom stereocenters. The number of piperidine rings is 1. The number of amides is 1. The van der Waals surface area contributed by atoms with Gasteiger partial charge in [0.15, 0.2) is 0 Å². The molecule has 160 valence electrons. The molecule has 2 heterocycles. The van der Waals surface area contributed by atoms with E-state index >= 15 is 0 Å². The number of aryl methyl sites for hydroxylation is 1. The standard InChI is InChI=1S/C23H28ClFN4O/c1-14(23-21-19(28(2)27-23)9-8-18(25)22(21)24)11-20(30)29-16-6-3-5-15(12-16)13-17(29)7-4-10-26/h8-9,14-17H,3-7,11-13H2,1-2H3. The maximum absolute atomic E-state index is 14.1. The zero-order valence-electron chi connectivity index (χ0n) is 17.6. The van der Waals surface area contributed by atoms with E-state index in [4.69, 9.17) is 16.9 Å². The highest BCUT2D eigenvalue weighted by atomic mass is 35.5. The van der Waals surface area contributed by atoms with Crippen LogP contribution in [0, 0.1) is 23.1 Å². The summed E-state index contributed by atoms with van der Waals surface area (Å²) in [6.07, 6.45) is 7.05. The smallest absolute Gasteiger partial charge is 0.223 e. The van der Waals surface area contributed by atoms with Crippen LogP contribution in [0.25, 0.3) is 10.9 Å². The van der Waals surface area contributed by atoms with Gasteiger partial charge in [-0.25, -0.2) is 4.39 Å². The summed E-state index contributed by atoms with van der Waals surface area (Å²) in [6, 6.07) is 5.69. The minimum absolute atomic E-state index is 0.0647. The molecule has 4 rings (SSSR count). The van der Waals surface area contributed by atoms with Crippen LogP contribution in [-0.2, 0) is 11.8 Å². The molecule has 2 aromatic rings. The Morgan fingerprint density at radius 3 is 2.97 bits per heavy atom. The van der Waals surface area contributed by atoms with Crippen molar-refractivity contribution in [3.05, 3.63) is 28.7 Å². The molecule has 1 aromatic heterocycles. The molecule has 1 aromatic carbocycles. The van der Waals surface area contributed by atoms with Crippen LogP contribution in [0.2, 0.25) is 5.02 Å². The van der Waals surface area contributed by atoms with Crippen LogP contribution in [-0.4, -0.2) is 32.7 Å². The number of nitrogens with zero attached hydrogens (tertiary/aromatic N) is 4. The summed E-state index contributed by atoms with van der Waals surface area (Å²) in [4.78, 5) is 15.5. The lowest BCUT2D eigenvalue weighted by molar-refractivity contribution is -0.141. The molecule has 5 nitrogen and oxygen atoms in total. The summed E-state index contributed by atoms with van der Waals surface area (Å²) in [5.41, 5.74) is 1.42. The van der Waals surface area contributed by atoms with Crippen molar-refractivity contribution in [2.75, 3.05) is 0 Å². The topological polar surface area (TPSA) is 61.9 Å². The van der Waals surface area contributed by atoms with E-state index in [0.717, 1.165) is 31.2 Å². The van der Waals surface area contributed by atoms with Crippen molar-refractivity contribution in [2.45, 2.75) is 76.3 Å². The maximum atomic E-state index is 14.1. The number of hydrogen-bond donors (Lipinski definition) is 0. The number of benzene rings is 1. The van der Waals surface area contributed by atoms with Gasteiger partial charge in [0.25, 0.3) is 0 Å². The largest absolute Gasteiger partial charge is 0.337 e. The van der Waals surface area contributed by atoms with Crippen molar-refractivity contribution in [1.29, 1.82) is 5.26 Å². The predicted octanol–water partition coefficient (Wildman–Crippen LogP) is 5.32. The van der Waals surface area contributed by atoms with Gasteiger partial charge < -0.3 is 4.90 Å². The van der Waals surface area contributed by atoms with Gasteiger partial charge in [-0.1, -0.05) is 31.4 Å². The minimum atomic E-state index is -0.474. The van der Waals surface area contributed by atoms with E-state index in [0.29, 0.717) is 29.8 Å². The molecule has 1 aliphatic carbocycles. The monoisotopic (exact) mass is 430 g/mol. The average molecular weight is 431 g/mol. The Labute approximate surface area is 181 Å². The van der Waals surface area contributed by atoms with Crippen LogP contribution in [0.3, 0.4) is 0 Å². The Morgan fingerprint density at radius 1 is 1.40 bits per heavy atom. The molecule has 0 N–H and O–H groups in total. The van der Waals surface area contributed by atoms with E-state index in [9.17, 15) is 9.18 Å². The van der Waals surface area contributed by atoms with E-state index in [1.54, 1.807) is 17.8 Å². The summed E-state index contributed by atoms with van der Waals surface area (Å²) in [6.45, 7) is 1.96. The van der Waals surface area contributed by atoms with E-state index in [2.05, 4.69) is 16.1 Å². The third kappa shape index (κ3) is 3.80. The molecule has 4 unspecified atom stereocenters. The molecule has 30 heavy (non-hydrogen) atoms. The lowest BCUT2D eigenvalue weighted by atomic mass is 9.75. The van der Waals surface area contributed by atoms with Crippen molar-refractivity contribution in [1.82, 2.24) is 14.7 Å². The van der Waals surface area contributed by atoms with E-state index in [1.807, 2.05) is 6.92 Å². The average Bonchev–Trinajstić information content (AvgIpc) is 3.06. The van der Waals surface area contributed by atoms with Gasteiger partial charge >= 0.3 is 0 Å². The molecule has 1 saturated heterocycles. The van der Waals surface area contributed by atoms with Crippen molar-refractivity contribution in [3.63, 3.8) is 0 Å². The molecular weight excluding hydrogens is 403 g/mol. The van der Waals surface area contributed by atoms with Gasteiger partial charge in [-0.2, -0.15) is 10.4 Å². The number of carbonyl (C=O) groups excluding carboxylic acids is 1. The van der Waals surface area contributed by atoms with Gasteiger partial charge in [-0.3, -0.25) is 9.48 Å².